The maximum Gasteiger partial charge on any atom is 0.268 e. The van der Waals surface area contributed by atoms with Gasteiger partial charge in [-0.25, -0.2) is 4.68 Å². The molecule has 1 aromatic rings. The molecule has 0 radical (unpaired) electrons. The van der Waals surface area contributed by atoms with Gasteiger partial charge in [0.15, 0.2) is 0 Å². The van der Waals surface area contributed by atoms with Gasteiger partial charge in [0.1, 0.15) is 0 Å². The number of fused-ring (bicyclic) bond motifs is 1. The van der Waals surface area contributed by atoms with Crippen molar-refractivity contribution in [2.24, 2.45) is 0 Å². The first-order valence-corrected chi connectivity index (χ1v) is 6.13. The summed E-state index contributed by atoms with van der Waals surface area (Å²) in [5.41, 5.74) is 1.59. The van der Waals surface area contributed by atoms with E-state index in [2.05, 4.69) is 10.4 Å². The van der Waals surface area contributed by atoms with Crippen LogP contribution in [0.3, 0.4) is 0 Å². The Hall–Kier alpha value is -1.85. The van der Waals surface area contributed by atoms with E-state index in [9.17, 15) is 9.59 Å². The van der Waals surface area contributed by atoms with Crippen LogP contribution in [0, 0.1) is 0 Å². The monoisotopic (exact) mass is 250 g/mol. The van der Waals surface area contributed by atoms with Crippen molar-refractivity contribution in [3.8, 4) is 0 Å². The van der Waals surface area contributed by atoms with Crippen LogP contribution >= 0.6 is 0 Å². The highest BCUT2D eigenvalue weighted by Gasteiger charge is 2.13. The summed E-state index contributed by atoms with van der Waals surface area (Å²) in [4.78, 5) is 24.8. The minimum absolute atomic E-state index is 0.000421. The summed E-state index contributed by atoms with van der Waals surface area (Å²) in [6, 6.07) is 1.57. The number of aromatic nitrogens is 2. The molecule has 1 aliphatic rings. The van der Waals surface area contributed by atoms with Gasteiger partial charge >= 0.3 is 0 Å². The third kappa shape index (κ3) is 2.69. The molecule has 18 heavy (non-hydrogen) atoms. The second kappa shape index (κ2) is 5.20. The Bertz CT molecular complexity index is 507. The fourth-order valence-electron chi connectivity index (χ4n) is 1.93. The highest BCUT2D eigenvalue weighted by Crippen LogP contribution is 2.16. The Kier molecular flexibility index (Phi) is 3.64. The van der Waals surface area contributed by atoms with Crippen LogP contribution < -0.4 is 10.9 Å². The molecule has 0 spiro atoms. The maximum absolute atomic E-state index is 11.8. The molecule has 98 valence electrons. The molecule has 6 nitrogen and oxygen atoms in total. The predicted molar refractivity (Wildman–Crippen MR) is 68.6 cm³/mol. The first-order chi connectivity index (χ1) is 8.58. The molecule has 1 N–H and O–H groups in total. The maximum atomic E-state index is 11.8. The summed E-state index contributed by atoms with van der Waals surface area (Å²) in [7, 11) is 3.41. The number of nitrogens with one attached hydrogen (secondary N) is 1. The summed E-state index contributed by atoms with van der Waals surface area (Å²) < 4.78 is 1.38. The van der Waals surface area contributed by atoms with E-state index in [1.807, 2.05) is 0 Å². The van der Waals surface area contributed by atoms with Gasteiger partial charge in [-0.1, -0.05) is 0 Å². The fraction of sp³-hybridized carbons (Fsp3) is 0.583. The van der Waals surface area contributed by atoms with Crippen molar-refractivity contribution >= 4 is 11.6 Å². The molecule has 0 fully saturated rings. The molecule has 0 bridgehead atoms. The van der Waals surface area contributed by atoms with Crippen molar-refractivity contribution in [3.63, 3.8) is 0 Å². The van der Waals surface area contributed by atoms with Crippen LogP contribution in [0.2, 0.25) is 0 Å². The Morgan fingerprint density at radius 2 is 2.33 bits per heavy atom. The lowest BCUT2D eigenvalue weighted by atomic mass is 10.1. The number of hydrogen-bond acceptors (Lipinski definition) is 4. The lowest BCUT2D eigenvalue weighted by Gasteiger charge is -2.18. The van der Waals surface area contributed by atoms with Crippen molar-refractivity contribution in [2.75, 3.05) is 26.0 Å². The van der Waals surface area contributed by atoms with Crippen molar-refractivity contribution in [2.45, 2.75) is 25.8 Å². The summed E-state index contributed by atoms with van der Waals surface area (Å²) in [6.07, 6.45) is 2.20. The molecule has 1 aromatic heterocycles. The van der Waals surface area contributed by atoms with E-state index in [1.165, 1.54) is 9.58 Å². The van der Waals surface area contributed by atoms with Gasteiger partial charge in [0.05, 0.1) is 17.9 Å². The van der Waals surface area contributed by atoms with Crippen molar-refractivity contribution in [3.05, 3.63) is 22.1 Å². The zero-order chi connectivity index (χ0) is 13.1. The molecular weight excluding hydrogens is 232 g/mol. The van der Waals surface area contributed by atoms with E-state index in [1.54, 1.807) is 20.2 Å². The minimum Gasteiger partial charge on any atom is -0.383 e. The Labute approximate surface area is 106 Å². The largest absolute Gasteiger partial charge is 0.383 e. The molecule has 1 amide bonds. The van der Waals surface area contributed by atoms with E-state index in [0.29, 0.717) is 13.0 Å². The normalized spacial score (nSPS) is 13.7. The predicted octanol–water partition coefficient (Wildman–Crippen LogP) is 0.0797. The van der Waals surface area contributed by atoms with Gasteiger partial charge in [-0.05, 0) is 12.8 Å². The van der Waals surface area contributed by atoms with E-state index < -0.39 is 0 Å². The van der Waals surface area contributed by atoms with Crippen LogP contribution in [0.4, 0.5) is 5.69 Å². The highest BCUT2D eigenvalue weighted by atomic mass is 16.2. The molecule has 0 saturated carbocycles. The van der Waals surface area contributed by atoms with Gasteiger partial charge in [-0.3, -0.25) is 9.59 Å². The van der Waals surface area contributed by atoms with Crippen LogP contribution in [0.5, 0.6) is 0 Å². The Morgan fingerprint density at radius 3 is 3.06 bits per heavy atom. The van der Waals surface area contributed by atoms with E-state index in [-0.39, 0.29) is 11.5 Å². The van der Waals surface area contributed by atoms with Crippen LogP contribution in [-0.2, 0) is 17.8 Å². The smallest absolute Gasteiger partial charge is 0.268 e. The van der Waals surface area contributed by atoms with Crippen molar-refractivity contribution in [1.29, 1.82) is 0 Å². The second-order valence-corrected chi connectivity index (χ2v) is 4.63. The second-order valence-electron chi connectivity index (χ2n) is 4.63. The fourth-order valence-corrected chi connectivity index (χ4v) is 1.93. The van der Waals surface area contributed by atoms with Crippen molar-refractivity contribution < 1.29 is 4.79 Å². The number of hydrogen-bond donors (Lipinski definition) is 1. The van der Waals surface area contributed by atoms with Gasteiger partial charge in [-0.2, -0.15) is 5.10 Å². The highest BCUT2D eigenvalue weighted by molar-refractivity contribution is 5.75. The molecule has 0 aromatic carbocycles. The van der Waals surface area contributed by atoms with Crippen LogP contribution in [0.1, 0.15) is 18.5 Å². The lowest BCUT2D eigenvalue weighted by Crippen LogP contribution is -2.30. The molecule has 0 saturated heterocycles. The van der Waals surface area contributed by atoms with Crippen molar-refractivity contribution in [1.82, 2.24) is 14.7 Å². The summed E-state index contributed by atoms with van der Waals surface area (Å²) in [5.74, 6) is -0.000421. The van der Waals surface area contributed by atoms with Gasteiger partial charge < -0.3 is 10.2 Å². The van der Waals surface area contributed by atoms with Gasteiger partial charge in [0, 0.05) is 33.1 Å². The zero-order valence-electron chi connectivity index (χ0n) is 10.8. The van der Waals surface area contributed by atoms with E-state index in [0.717, 1.165) is 30.8 Å². The number of carbonyl (C=O) groups is 1. The number of anilines is 1. The third-order valence-electron chi connectivity index (χ3n) is 3.02. The van der Waals surface area contributed by atoms with Gasteiger partial charge in [0.25, 0.3) is 5.56 Å². The molecule has 2 heterocycles. The number of amides is 1. The molecule has 6 heteroatoms. The first kappa shape index (κ1) is 12.6. The first-order valence-electron chi connectivity index (χ1n) is 6.13. The van der Waals surface area contributed by atoms with E-state index in [4.69, 9.17) is 0 Å². The van der Waals surface area contributed by atoms with Gasteiger partial charge in [-0.15, -0.1) is 0 Å². The molecule has 0 aliphatic carbocycles. The molecular formula is C12H18N4O2. The topological polar surface area (TPSA) is 67.2 Å². The number of rotatable bonds is 3. The number of carbonyl (C=O) groups excluding carboxylic acids is 1. The summed E-state index contributed by atoms with van der Waals surface area (Å²) >= 11 is 0. The average Bonchev–Trinajstić information content (AvgIpc) is 2.35. The molecule has 0 atom stereocenters. The number of nitrogens with zero attached hydrogens (tertiary/aromatic N) is 3. The summed E-state index contributed by atoms with van der Waals surface area (Å²) in [6.45, 7) is 1.22. The molecule has 0 unspecified atom stereocenters. The summed E-state index contributed by atoms with van der Waals surface area (Å²) in [5, 5.41) is 7.48. The Morgan fingerprint density at radius 1 is 1.56 bits per heavy atom. The quantitative estimate of drug-likeness (QED) is 0.825. The van der Waals surface area contributed by atoms with Crippen LogP contribution in [0.15, 0.2) is 10.9 Å². The van der Waals surface area contributed by atoms with Gasteiger partial charge in [0.2, 0.25) is 5.91 Å². The standard InChI is InChI=1S/C12H18N4O2/c1-15(2)11(17)5-7-16-12(18)8-10-9(14-16)4-3-6-13-10/h8,13H,3-7H2,1-2H3. The van der Waals surface area contributed by atoms with E-state index >= 15 is 0 Å². The number of aryl methyl sites for hydroxylation is 2. The third-order valence-corrected chi connectivity index (χ3v) is 3.02. The lowest BCUT2D eigenvalue weighted by molar-refractivity contribution is -0.128. The minimum atomic E-state index is -0.158. The van der Waals surface area contributed by atoms with Crippen LogP contribution in [0.25, 0.3) is 0 Å². The SMILES string of the molecule is CN(C)C(=O)CCn1nc2c(cc1=O)NCCC2. The molecule has 1 aliphatic heterocycles. The zero-order valence-corrected chi connectivity index (χ0v) is 10.8. The van der Waals surface area contributed by atoms with Crippen LogP contribution in [-0.4, -0.2) is 41.2 Å². The average molecular weight is 250 g/mol. The molecule has 2 rings (SSSR count). The Balaban J connectivity index is 2.14.